The van der Waals surface area contributed by atoms with Crippen molar-refractivity contribution < 1.29 is 33.7 Å². The molecule has 0 amide bonds. The van der Waals surface area contributed by atoms with Gasteiger partial charge in [0.2, 0.25) is 0 Å². The summed E-state index contributed by atoms with van der Waals surface area (Å²) < 4.78 is 16.6. The van der Waals surface area contributed by atoms with E-state index < -0.39 is 42.1 Å². The van der Waals surface area contributed by atoms with E-state index in [2.05, 4.69) is 6.58 Å². The molecule has 0 unspecified atom stereocenters. The number of esters is 3. The first-order valence-corrected chi connectivity index (χ1v) is 9.53. The molecule has 158 valence electrons. The van der Waals surface area contributed by atoms with Crippen LogP contribution in [-0.4, -0.2) is 47.9 Å². The first kappa shape index (κ1) is 22.6. The van der Waals surface area contributed by atoms with Crippen LogP contribution in [0.4, 0.5) is 0 Å². The second-order valence-electron chi connectivity index (χ2n) is 7.43. The molecule has 0 radical (unpaired) electrons. The lowest BCUT2D eigenvalue weighted by Crippen LogP contribution is -2.34. The van der Waals surface area contributed by atoms with Crippen molar-refractivity contribution in [3.05, 3.63) is 47.1 Å². The molecule has 0 aromatic rings. The molecule has 1 saturated heterocycles. The minimum absolute atomic E-state index is 0.234. The first-order chi connectivity index (χ1) is 13.6. The molecule has 0 aromatic heterocycles. The molecule has 4 atom stereocenters. The van der Waals surface area contributed by atoms with Gasteiger partial charge in [0, 0.05) is 30.9 Å². The number of fused-ring (bicyclic) bond motifs is 1. The number of hydrogen-bond donors (Lipinski definition) is 1. The lowest BCUT2D eigenvalue weighted by atomic mass is 9.85. The van der Waals surface area contributed by atoms with Crippen molar-refractivity contribution in [2.75, 3.05) is 6.61 Å². The SMILES string of the molecule is C=C1C(=O)O[C@@H]2/C=C(/C)[C@@H](OC(C)=O)C/C=C(\C)C[C@@H](OC(=O)/C(C)=C/CO)[C@@H]12. The van der Waals surface area contributed by atoms with Gasteiger partial charge in [-0.25, -0.2) is 9.59 Å². The Morgan fingerprint density at radius 3 is 2.62 bits per heavy atom. The van der Waals surface area contributed by atoms with Crippen molar-refractivity contribution in [1.29, 1.82) is 0 Å². The molecule has 1 aliphatic heterocycles. The average molecular weight is 404 g/mol. The molecule has 7 heteroatoms. The van der Waals surface area contributed by atoms with Crippen molar-refractivity contribution in [1.82, 2.24) is 0 Å². The fraction of sp³-hybridized carbons (Fsp3) is 0.500. The van der Waals surface area contributed by atoms with Crippen LogP contribution in [0.25, 0.3) is 0 Å². The van der Waals surface area contributed by atoms with Crippen LogP contribution in [0.15, 0.2) is 47.1 Å². The summed E-state index contributed by atoms with van der Waals surface area (Å²) in [7, 11) is 0. The quantitative estimate of drug-likeness (QED) is 0.333. The molecule has 0 saturated carbocycles. The predicted octanol–water partition coefficient (Wildman–Crippen LogP) is 2.55. The maximum Gasteiger partial charge on any atom is 0.334 e. The van der Waals surface area contributed by atoms with Gasteiger partial charge in [-0.3, -0.25) is 4.79 Å². The van der Waals surface area contributed by atoms with Gasteiger partial charge < -0.3 is 19.3 Å². The van der Waals surface area contributed by atoms with Crippen molar-refractivity contribution in [3.63, 3.8) is 0 Å². The van der Waals surface area contributed by atoms with Crippen molar-refractivity contribution >= 4 is 17.9 Å². The number of aliphatic hydroxyl groups excluding tert-OH is 1. The third-order valence-electron chi connectivity index (χ3n) is 5.09. The number of aliphatic hydroxyl groups is 1. The minimum atomic E-state index is -0.682. The van der Waals surface area contributed by atoms with Gasteiger partial charge in [-0.1, -0.05) is 18.2 Å². The highest BCUT2D eigenvalue weighted by atomic mass is 16.6. The monoisotopic (exact) mass is 404 g/mol. The van der Waals surface area contributed by atoms with E-state index >= 15 is 0 Å². The van der Waals surface area contributed by atoms with Crippen LogP contribution in [-0.2, 0) is 28.6 Å². The Balaban J connectivity index is 2.42. The van der Waals surface area contributed by atoms with Crippen LogP contribution < -0.4 is 0 Å². The standard InChI is InChI=1S/C22H28O7/c1-12-6-7-17(27-16(5)24)14(3)11-19-20(15(4)22(26)29-19)18(10-12)28-21(25)13(2)8-9-23/h6,8,11,17-20,23H,4,7,9-10H2,1-3,5H3/b12-6+,13-8+,14-11-/t17-,18+,19+,20+/m0/s1. The Morgan fingerprint density at radius 2 is 2.00 bits per heavy atom. The highest BCUT2D eigenvalue weighted by Crippen LogP contribution is 2.36. The van der Waals surface area contributed by atoms with E-state index in [0.29, 0.717) is 12.8 Å². The van der Waals surface area contributed by atoms with Crippen LogP contribution in [0.3, 0.4) is 0 Å². The molecule has 7 nitrogen and oxygen atoms in total. The topological polar surface area (TPSA) is 99.1 Å². The van der Waals surface area contributed by atoms with Gasteiger partial charge in [-0.05, 0) is 38.5 Å². The van der Waals surface area contributed by atoms with Crippen LogP contribution in [0.2, 0.25) is 0 Å². The summed E-state index contributed by atoms with van der Waals surface area (Å²) >= 11 is 0. The van der Waals surface area contributed by atoms with E-state index in [9.17, 15) is 14.4 Å². The summed E-state index contributed by atoms with van der Waals surface area (Å²) in [6.07, 6.45) is 4.05. The first-order valence-electron chi connectivity index (χ1n) is 9.53. The van der Waals surface area contributed by atoms with E-state index in [1.54, 1.807) is 19.9 Å². The molecule has 1 fully saturated rings. The highest BCUT2D eigenvalue weighted by Gasteiger charge is 2.44. The number of carbonyl (C=O) groups excluding carboxylic acids is 3. The van der Waals surface area contributed by atoms with Crippen LogP contribution >= 0.6 is 0 Å². The van der Waals surface area contributed by atoms with Gasteiger partial charge in [0.15, 0.2) is 0 Å². The summed E-state index contributed by atoms with van der Waals surface area (Å²) in [5.41, 5.74) is 2.17. The molecule has 1 N–H and O–H groups in total. The predicted molar refractivity (Wildman–Crippen MR) is 106 cm³/mol. The molecular weight excluding hydrogens is 376 g/mol. The summed E-state index contributed by atoms with van der Waals surface area (Å²) in [6, 6.07) is 0. The normalized spacial score (nSPS) is 31.6. The number of rotatable bonds is 4. The smallest absolute Gasteiger partial charge is 0.334 e. The van der Waals surface area contributed by atoms with E-state index in [0.717, 1.165) is 11.1 Å². The lowest BCUT2D eigenvalue weighted by molar-refractivity contribution is -0.148. The zero-order valence-corrected chi connectivity index (χ0v) is 17.3. The van der Waals surface area contributed by atoms with E-state index in [1.807, 2.05) is 13.0 Å². The Hall–Kier alpha value is -2.67. The fourth-order valence-corrected chi connectivity index (χ4v) is 3.48. The molecular formula is C22H28O7. The third kappa shape index (κ3) is 5.67. The Bertz CT molecular complexity index is 787. The maximum atomic E-state index is 12.4. The van der Waals surface area contributed by atoms with E-state index in [1.165, 1.54) is 13.0 Å². The van der Waals surface area contributed by atoms with Crippen molar-refractivity contribution in [2.45, 2.75) is 58.8 Å². The van der Waals surface area contributed by atoms with Gasteiger partial charge in [0.25, 0.3) is 0 Å². The molecule has 1 heterocycles. The van der Waals surface area contributed by atoms with Gasteiger partial charge in [-0.15, -0.1) is 0 Å². The molecule has 29 heavy (non-hydrogen) atoms. The summed E-state index contributed by atoms with van der Waals surface area (Å²) in [6.45, 7) is 10.2. The Kier molecular flexibility index (Phi) is 7.56. The summed E-state index contributed by atoms with van der Waals surface area (Å²) in [4.78, 5) is 36.1. The Morgan fingerprint density at radius 1 is 1.31 bits per heavy atom. The van der Waals surface area contributed by atoms with Crippen molar-refractivity contribution in [3.8, 4) is 0 Å². The summed E-state index contributed by atoms with van der Waals surface area (Å²) in [5.74, 6) is -2.08. The van der Waals surface area contributed by atoms with Crippen molar-refractivity contribution in [2.24, 2.45) is 5.92 Å². The fourth-order valence-electron chi connectivity index (χ4n) is 3.48. The maximum absolute atomic E-state index is 12.4. The van der Waals surface area contributed by atoms with Gasteiger partial charge in [-0.2, -0.15) is 0 Å². The number of carbonyl (C=O) groups is 3. The zero-order chi connectivity index (χ0) is 21.7. The number of ether oxygens (including phenoxy) is 3. The second kappa shape index (κ2) is 9.69. The molecule has 2 aliphatic rings. The van der Waals surface area contributed by atoms with Gasteiger partial charge in [0.1, 0.15) is 18.3 Å². The highest BCUT2D eigenvalue weighted by molar-refractivity contribution is 5.92. The van der Waals surface area contributed by atoms with Crippen LogP contribution in [0.1, 0.15) is 40.5 Å². The third-order valence-corrected chi connectivity index (χ3v) is 5.09. The summed E-state index contributed by atoms with van der Waals surface area (Å²) in [5, 5.41) is 9.01. The zero-order valence-electron chi connectivity index (χ0n) is 17.3. The number of hydrogen-bond acceptors (Lipinski definition) is 7. The molecule has 0 spiro atoms. The lowest BCUT2D eigenvalue weighted by Gasteiger charge is -2.28. The second-order valence-corrected chi connectivity index (χ2v) is 7.43. The minimum Gasteiger partial charge on any atom is -0.458 e. The molecule has 0 aromatic carbocycles. The van der Waals surface area contributed by atoms with Crippen LogP contribution in [0.5, 0.6) is 0 Å². The molecule has 2 rings (SSSR count). The van der Waals surface area contributed by atoms with E-state index in [-0.39, 0.29) is 17.8 Å². The largest absolute Gasteiger partial charge is 0.458 e. The molecule has 0 bridgehead atoms. The average Bonchev–Trinajstić information content (AvgIpc) is 2.90. The van der Waals surface area contributed by atoms with E-state index in [4.69, 9.17) is 19.3 Å². The van der Waals surface area contributed by atoms with Gasteiger partial charge >= 0.3 is 17.9 Å². The van der Waals surface area contributed by atoms with Gasteiger partial charge in [0.05, 0.1) is 12.5 Å². The van der Waals surface area contributed by atoms with Crippen LogP contribution in [0, 0.1) is 5.92 Å². The Labute approximate surface area is 170 Å². The molecule has 1 aliphatic carbocycles.